The Bertz CT molecular complexity index is 465. The van der Waals surface area contributed by atoms with Gasteiger partial charge in [0.05, 0.1) is 13.1 Å². The lowest BCUT2D eigenvalue weighted by molar-refractivity contribution is 0.213. The summed E-state index contributed by atoms with van der Waals surface area (Å²) >= 11 is 0. The van der Waals surface area contributed by atoms with E-state index in [0.717, 1.165) is 0 Å². The molecule has 22 heavy (non-hydrogen) atoms. The van der Waals surface area contributed by atoms with E-state index in [-0.39, 0.29) is 22.9 Å². The molecule has 14 heteroatoms. The van der Waals surface area contributed by atoms with Crippen LogP contribution in [0.25, 0.3) is 0 Å². The highest BCUT2D eigenvalue weighted by Crippen LogP contribution is 1.90. The Hall–Kier alpha value is -3.58. The molecule has 0 fully saturated rings. The van der Waals surface area contributed by atoms with Crippen molar-refractivity contribution in [2.45, 2.75) is 0 Å². The molecule has 0 saturated carbocycles. The maximum atomic E-state index is 10.9. The van der Waals surface area contributed by atoms with Crippen LogP contribution in [0.4, 0.5) is 19.2 Å². The molecule has 12 N–H and O–H groups in total. The summed E-state index contributed by atoms with van der Waals surface area (Å²) in [6, 6.07) is -4.87. The van der Waals surface area contributed by atoms with Gasteiger partial charge in [0, 0.05) is 0 Å². The number of amides is 8. The maximum absolute atomic E-state index is 10.9. The van der Waals surface area contributed by atoms with Crippen molar-refractivity contribution in [1.29, 1.82) is 0 Å². The molecule has 0 aromatic rings. The van der Waals surface area contributed by atoms with Crippen LogP contribution in [0.2, 0.25) is 0 Å². The van der Waals surface area contributed by atoms with Crippen LogP contribution in [0.1, 0.15) is 0 Å². The highest BCUT2D eigenvalue weighted by atomic mass is 16.2. The highest BCUT2D eigenvalue weighted by molar-refractivity contribution is 6.10. The number of nitrogens with zero attached hydrogens (tertiary/aromatic N) is 4. The van der Waals surface area contributed by atoms with E-state index < -0.39 is 36.0 Å². The quantitative estimate of drug-likeness (QED) is 0.175. The van der Waals surface area contributed by atoms with Crippen molar-refractivity contribution in [1.82, 2.24) is 9.80 Å². The minimum atomic E-state index is -1.22. The number of hydrogen-bond donors (Lipinski definition) is 6. The maximum Gasteiger partial charge on any atom is 0.330 e. The van der Waals surface area contributed by atoms with Gasteiger partial charge in [-0.2, -0.15) is 9.80 Å². The Labute approximate surface area is 123 Å². The van der Waals surface area contributed by atoms with Crippen molar-refractivity contribution in [2.24, 2.45) is 44.4 Å². The molecule has 8 amide bonds. The lowest BCUT2D eigenvalue weighted by atomic mass is 10.6. The van der Waals surface area contributed by atoms with E-state index >= 15 is 0 Å². The van der Waals surface area contributed by atoms with Crippen LogP contribution >= 0.6 is 0 Å². The molecule has 0 radical (unpaired) electrons. The summed E-state index contributed by atoms with van der Waals surface area (Å²) < 4.78 is 0. The third-order valence-electron chi connectivity index (χ3n) is 1.99. The molecule has 0 aliphatic rings. The normalized spacial score (nSPS) is 11.6. The molecule has 0 aliphatic heterocycles. The van der Waals surface area contributed by atoms with Crippen LogP contribution in [-0.2, 0) is 0 Å². The van der Waals surface area contributed by atoms with Gasteiger partial charge >= 0.3 is 24.1 Å². The van der Waals surface area contributed by atoms with Crippen molar-refractivity contribution in [2.75, 3.05) is 13.1 Å². The number of guanidine groups is 2. The number of carbonyl (C=O) groups excluding carboxylic acids is 4. The van der Waals surface area contributed by atoms with Gasteiger partial charge in [0.25, 0.3) is 0 Å². The predicted molar refractivity (Wildman–Crippen MR) is 75.0 cm³/mol. The van der Waals surface area contributed by atoms with Gasteiger partial charge in [-0.3, -0.25) is 9.98 Å². The molecule has 0 spiro atoms. The van der Waals surface area contributed by atoms with Gasteiger partial charge in [-0.1, -0.05) is 0 Å². The molecule has 0 aromatic heterocycles. The fraction of sp³-hybridized carbons (Fsp3) is 0.250. The zero-order valence-corrected chi connectivity index (χ0v) is 11.3. The fourth-order valence-corrected chi connectivity index (χ4v) is 1.14. The number of urea groups is 4. The van der Waals surface area contributed by atoms with E-state index in [1.807, 2.05) is 0 Å². The third kappa shape index (κ3) is 5.19. The molecule has 0 aliphatic carbocycles. The number of carbonyl (C=O) groups is 4. The number of primary amides is 4. The molecule has 0 rings (SSSR count). The van der Waals surface area contributed by atoms with Crippen LogP contribution in [0.15, 0.2) is 9.98 Å². The lowest BCUT2D eigenvalue weighted by Crippen LogP contribution is -2.51. The van der Waals surface area contributed by atoms with Gasteiger partial charge in [-0.05, 0) is 0 Å². The highest BCUT2D eigenvalue weighted by Gasteiger charge is 2.20. The van der Waals surface area contributed by atoms with E-state index in [9.17, 15) is 19.2 Å². The van der Waals surface area contributed by atoms with E-state index in [4.69, 9.17) is 34.4 Å². The van der Waals surface area contributed by atoms with Gasteiger partial charge in [0.2, 0.25) is 11.9 Å². The second-order valence-electron chi connectivity index (χ2n) is 3.50. The average molecular weight is 316 g/mol. The summed E-state index contributed by atoms with van der Waals surface area (Å²) in [6.07, 6.45) is 0. The largest absolute Gasteiger partial charge is 0.369 e. The fourth-order valence-electron chi connectivity index (χ4n) is 1.14. The number of nitrogens with two attached hydrogens (primary N) is 6. The third-order valence-corrected chi connectivity index (χ3v) is 1.99. The van der Waals surface area contributed by atoms with Crippen molar-refractivity contribution in [3.63, 3.8) is 0 Å². The van der Waals surface area contributed by atoms with Crippen LogP contribution in [0.5, 0.6) is 0 Å². The van der Waals surface area contributed by atoms with Crippen molar-refractivity contribution in [3.8, 4) is 0 Å². The van der Waals surface area contributed by atoms with Gasteiger partial charge in [0.1, 0.15) is 0 Å². The monoisotopic (exact) mass is 316 g/mol. The van der Waals surface area contributed by atoms with Crippen molar-refractivity contribution < 1.29 is 19.2 Å². The number of imide groups is 2. The zero-order chi connectivity index (χ0) is 17.4. The first-order valence-electron chi connectivity index (χ1n) is 5.47. The SMILES string of the molecule is NC(=O)N(C(N)=O)C(N)=NCCN=C(N)N(C(N)=O)C(N)=O. The predicted octanol–water partition coefficient (Wildman–Crippen LogP) is -3.47. The molecule has 0 saturated heterocycles. The van der Waals surface area contributed by atoms with E-state index in [0.29, 0.717) is 0 Å². The smallest absolute Gasteiger partial charge is 0.330 e. The molecule has 122 valence electrons. The topological polar surface area (TPSA) is 256 Å². The van der Waals surface area contributed by atoms with E-state index in [1.165, 1.54) is 0 Å². The Kier molecular flexibility index (Phi) is 6.59. The van der Waals surface area contributed by atoms with Crippen LogP contribution < -0.4 is 34.4 Å². The molecule has 0 bridgehead atoms. The second kappa shape index (κ2) is 7.88. The van der Waals surface area contributed by atoms with Gasteiger partial charge in [-0.25, -0.2) is 19.2 Å². The molecule has 14 nitrogen and oxygen atoms in total. The Balaban J connectivity index is 4.82. The first kappa shape index (κ1) is 18.4. The average Bonchev–Trinajstić information content (AvgIpc) is 2.32. The molecular formula is C8H16N10O4. The number of aliphatic imine (C=N–C) groups is 2. The van der Waals surface area contributed by atoms with Crippen molar-refractivity contribution >= 4 is 36.0 Å². The summed E-state index contributed by atoms with van der Waals surface area (Å²) in [7, 11) is 0. The summed E-state index contributed by atoms with van der Waals surface area (Å²) in [5.74, 6) is -1.12. The summed E-state index contributed by atoms with van der Waals surface area (Å²) in [5, 5.41) is 0. The van der Waals surface area contributed by atoms with Crippen LogP contribution in [-0.4, -0.2) is 58.9 Å². The first-order chi connectivity index (χ1) is 10.1. The Morgan fingerprint density at radius 2 is 0.818 bits per heavy atom. The molecule has 0 atom stereocenters. The van der Waals surface area contributed by atoms with Crippen molar-refractivity contribution in [3.05, 3.63) is 0 Å². The van der Waals surface area contributed by atoms with Gasteiger partial charge in [-0.15, -0.1) is 0 Å². The van der Waals surface area contributed by atoms with Gasteiger partial charge in [0.15, 0.2) is 0 Å². The second-order valence-corrected chi connectivity index (χ2v) is 3.50. The standard InChI is InChI=1S/C8H16N10O4/c9-3(17(5(11)19)6(12)20)15-1-2-16-4(10)18(7(13)21)8(14)22/h1-2H2,(H2,9,15)(H2,10,16)(H2,11,19)(H2,12,20)(H2,13,21)(H2,14,22). The van der Waals surface area contributed by atoms with Crippen LogP contribution in [0, 0.1) is 0 Å². The lowest BCUT2D eigenvalue weighted by Gasteiger charge is -2.15. The van der Waals surface area contributed by atoms with Gasteiger partial charge < -0.3 is 34.4 Å². The minimum Gasteiger partial charge on any atom is -0.369 e. The molecule has 0 unspecified atom stereocenters. The Morgan fingerprint density at radius 3 is 1.00 bits per heavy atom. The van der Waals surface area contributed by atoms with Crippen LogP contribution in [0.3, 0.4) is 0 Å². The Morgan fingerprint density at radius 1 is 0.591 bits per heavy atom. The minimum absolute atomic E-state index is 0.172. The molecule has 0 aromatic carbocycles. The summed E-state index contributed by atoms with van der Waals surface area (Å²) in [6.45, 7) is -0.343. The first-order valence-corrected chi connectivity index (χ1v) is 5.47. The molecular weight excluding hydrogens is 300 g/mol. The summed E-state index contributed by atoms with van der Waals surface area (Å²) in [4.78, 5) is 51.2. The van der Waals surface area contributed by atoms with E-state index in [2.05, 4.69) is 9.98 Å². The summed E-state index contributed by atoms with van der Waals surface area (Å²) in [5.41, 5.74) is 30.1. The number of rotatable bonds is 3. The van der Waals surface area contributed by atoms with E-state index in [1.54, 1.807) is 0 Å². The zero-order valence-electron chi connectivity index (χ0n) is 11.3. The molecule has 0 heterocycles. The number of hydrogen-bond acceptors (Lipinski definition) is 6.